The van der Waals surface area contributed by atoms with E-state index in [0.29, 0.717) is 42.6 Å². The quantitative estimate of drug-likeness (QED) is 0.118. The second-order valence-electron chi connectivity index (χ2n) is 16.3. The monoisotopic (exact) mass is 810 g/mol. The standard InChI is InChI=1S/C46H54N10O4/c1-31(2)56-30-36(28-49-56)44(58)48-27-35-5-4-34(26-32(35)3)41-16-19-47-46(51-41)50-37-6-8-38(9-7-37)55-24-22-53(23-25-55)29-33-17-20-54(21-18-33)39-10-12-40(13-11-39)60-42-14-15-43(57)52-45(42)59/h4-13,16,19,26,28,30-31,33,42H,14-15,17-18,20-25,27,29H2,1-3H3,(H,48,58)(H,47,50,51)(H,52,57,59). The highest BCUT2D eigenvalue weighted by Crippen LogP contribution is 2.28. The number of rotatable bonds is 13. The molecule has 1 unspecified atom stereocenters. The van der Waals surface area contributed by atoms with Crippen molar-refractivity contribution < 1.29 is 19.1 Å². The van der Waals surface area contributed by atoms with Crippen LogP contribution in [0, 0.1) is 12.8 Å². The number of hydrogen-bond acceptors (Lipinski definition) is 11. The maximum atomic E-state index is 12.7. The van der Waals surface area contributed by atoms with Crippen molar-refractivity contribution in [3.05, 3.63) is 108 Å². The van der Waals surface area contributed by atoms with Crippen LogP contribution in [-0.4, -0.2) is 94.3 Å². The van der Waals surface area contributed by atoms with E-state index in [4.69, 9.17) is 9.72 Å². The number of benzene rings is 3. The molecule has 14 heteroatoms. The summed E-state index contributed by atoms with van der Waals surface area (Å²) < 4.78 is 7.64. The normalized spacial score (nSPS) is 17.8. The molecule has 0 radical (unpaired) electrons. The van der Waals surface area contributed by atoms with Crippen molar-refractivity contribution in [1.82, 2.24) is 35.3 Å². The lowest BCUT2D eigenvalue weighted by Crippen LogP contribution is -2.49. The second-order valence-corrected chi connectivity index (χ2v) is 16.3. The molecule has 5 heterocycles. The van der Waals surface area contributed by atoms with Gasteiger partial charge in [-0.25, -0.2) is 9.97 Å². The Hall–Kier alpha value is -6.28. The summed E-state index contributed by atoms with van der Waals surface area (Å²) in [6, 6.07) is 24.8. The first-order valence-corrected chi connectivity index (χ1v) is 21.1. The van der Waals surface area contributed by atoms with E-state index in [1.54, 1.807) is 23.3 Å². The van der Waals surface area contributed by atoms with Crippen LogP contribution in [0.25, 0.3) is 11.3 Å². The number of piperidine rings is 2. The molecular weight excluding hydrogens is 757 g/mol. The fraction of sp³-hybridized carbons (Fsp3) is 0.391. The van der Waals surface area contributed by atoms with Gasteiger partial charge in [0, 0.05) is 106 Å². The van der Waals surface area contributed by atoms with Crippen LogP contribution in [0.15, 0.2) is 91.4 Å². The van der Waals surface area contributed by atoms with E-state index < -0.39 is 6.10 Å². The van der Waals surface area contributed by atoms with E-state index in [-0.39, 0.29) is 23.8 Å². The largest absolute Gasteiger partial charge is 0.481 e. The number of ether oxygens (including phenoxy) is 1. The van der Waals surface area contributed by atoms with Crippen molar-refractivity contribution in [2.75, 3.05) is 60.9 Å². The number of piperazine rings is 1. The van der Waals surface area contributed by atoms with Crippen molar-refractivity contribution in [3.8, 4) is 17.0 Å². The average Bonchev–Trinajstić information content (AvgIpc) is 3.77. The van der Waals surface area contributed by atoms with E-state index >= 15 is 0 Å². The number of nitrogens with zero attached hydrogens (tertiary/aromatic N) is 7. The predicted molar refractivity (Wildman–Crippen MR) is 233 cm³/mol. The van der Waals surface area contributed by atoms with Crippen LogP contribution in [0.5, 0.6) is 5.75 Å². The van der Waals surface area contributed by atoms with Gasteiger partial charge in [0.2, 0.25) is 11.9 Å². The molecule has 0 aliphatic carbocycles. The Morgan fingerprint density at radius 3 is 2.28 bits per heavy atom. The zero-order valence-corrected chi connectivity index (χ0v) is 34.6. The topological polar surface area (TPSA) is 150 Å². The molecule has 3 N–H and O–H groups in total. The number of imide groups is 1. The van der Waals surface area contributed by atoms with Gasteiger partial charge in [0.15, 0.2) is 6.10 Å². The smallest absolute Gasteiger partial charge is 0.267 e. The molecule has 8 rings (SSSR count). The zero-order valence-electron chi connectivity index (χ0n) is 34.6. The van der Waals surface area contributed by atoms with Crippen molar-refractivity contribution in [1.29, 1.82) is 0 Å². The highest BCUT2D eigenvalue weighted by molar-refractivity contribution is 6.00. The maximum absolute atomic E-state index is 12.7. The van der Waals surface area contributed by atoms with Crippen molar-refractivity contribution in [3.63, 3.8) is 0 Å². The molecule has 2 aromatic heterocycles. The molecule has 1 atom stereocenters. The van der Waals surface area contributed by atoms with Gasteiger partial charge < -0.3 is 25.2 Å². The number of carbonyl (C=O) groups is 3. The lowest BCUT2D eigenvalue weighted by atomic mass is 9.95. The minimum Gasteiger partial charge on any atom is -0.481 e. The number of aryl methyl sites for hydroxylation is 1. The molecule has 0 spiro atoms. The molecule has 3 aliphatic rings. The number of aromatic nitrogens is 4. The Kier molecular flexibility index (Phi) is 12.4. The average molecular weight is 811 g/mol. The van der Waals surface area contributed by atoms with Crippen molar-refractivity contribution in [2.45, 2.75) is 65.1 Å². The molecule has 3 amide bonds. The van der Waals surface area contributed by atoms with Crippen LogP contribution >= 0.6 is 0 Å². The molecule has 14 nitrogen and oxygen atoms in total. The van der Waals surface area contributed by atoms with E-state index in [9.17, 15) is 14.4 Å². The molecule has 3 saturated heterocycles. The highest BCUT2D eigenvalue weighted by Gasteiger charge is 2.29. The van der Waals surface area contributed by atoms with Crippen LogP contribution in [0.3, 0.4) is 0 Å². The molecule has 5 aromatic rings. The van der Waals surface area contributed by atoms with Crippen LogP contribution in [-0.2, 0) is 16.1 Å². The summed E-state index contributed by atoms with van der Waals surface area (Å²) in [5.74, 6) is 1.12. The Balaban J connectivity index is 0.763. The molecule has 312 valence electrons. The first kappa shape index (κ1) is 40.5. The summed E-state index contributed by atoms with van der Waals surface area (Å²) in [6.45, 7) is 13.8. The molecule has 60 heavy (non-hydrogen) atoms. The van der Waals surface area contributed by atoms with Gasteiger partial charge in [0.05, 0.1) is 17.5 Å². The molecule has 0 bridgehead atoms. The van der Waals surface area contributed by atoms with Gasteiger partial charge in [-0.15, -0.1) is 0 Å². The molecule has 3 aliphatic heterocycles. The lowest BCUT2D eigenvalue weighted by molar-refractivity contribution is -0.138. The zero-order chi connectivity index (χ0) is 41.6. The fourth-order valence-electron chi connectivity index (χ4n) is 8.15. The summed E-state index contributed by atoms with van der Waals surface area (Å²) in [5.41, 5.74) is 7.77. The van der Waals surface area contributed by atoms with E-state index in [2.05, 4.69) is 83.2 Å². The summed E-state index contributed by atoms with van der Waals surface area (Å²) in [7, 11) is 0. The third-order valence-corrected chi connectivity index (χ3v) is 11.8. The lowest BCUT2D eigenvalue weighted by Gasteiger charge is -2.40. The van der Waals surface area contributed by atoms with Gasteiger partial charge >= 0.3 is 0 Å². The summed E-state index contributed by atoms with van der Waals surface area (Å²) in [4.78, 5) is 53.0. The molecular formula is C46H54N10O4. The maximum Gasteiger partial charge on any atom is 0.267 e. The van der Waals surface area contributed by atoms with Crippen LogP contribution in [0.1, 0.15) is 67.1 Å². The fourth-order valence-corrected chi connectivity index (χ4v) is 8.15. The molecule has 0 saturated carbocycles. The molecule has 3 aromatic carbocycles. The number of anilines is 4. The number of nitrogens with one attached hydrogen (secondary N) is 3. The highest BCUT2D eigenvalue weighted by atomic mass is 16.5. The Morgan fingerprint density at radius 2 is 1.60 bits per heavy atom. The molecule has 3 fully saturated rings. The summed E-state index contributed by atoms with van der Waals surface area (Å²) in [5, 5.41) is 13.0. The predicted octanol–water partition coefficient (Wildman–Crippen LogP) is 6.13. The minimum atomic E-state index is -0.620. The Morgan fingerprint density at radius 1 is 0.883 bits per heavy atom. The Bertz CT molecular complexity index is 2280. The summed E-state index contributed by atoms with van der Waals surface area (Å²) in [6.07, 6.45) is 7.57. The first-order chi connectivity index (χ1) is 29.1. The van der Waals surface area contributed by atoms with Gasteiger partial charge in [0.25, 0.3) is 11.8 Å². The van der Waals surface area contributed by atoms with E-state index in [0.717, 1.165) is 86.7 Å². The van der Waals surface area contributed by atoms with Crippen molar-refractivity contribution in [2.24, 2.45) is 5.92 Å². The SMILES string of the molecule is Cc1cc(-c2ccnc(Nc3ccc(N4CCN(CC5CCN(c6ccc(OC7CCC(=O)NC7=O)cc6)CC5)CC4)cc3)n2)ccc1CNC(=O)c1cnn(C(C)C)c1. The minimum absolute atomic E-state index is 0.142. The second kappa shape index (κ2) is 18.3. The number of amides is 3. The van der Waals surface area contributed by atoms with Gasteiger partial charge in [-0.05, 0) is 111 Å². The van der Waals surface area contributed by atoms with Crippen LogP contribution in [0.4, 0.5) is 23.0 Å². The Labute approximate surface area is 351 Å². The number of hydrogen-bond donors (Lipinski definition) is 3. The van der Waals surface area contributed by atoms with Gasteiger partial charge in [0.1, 0.15) is 5.75 Å². The van der Waals surface area contributed by atoms with E-state index in [1.807, 2.05) is 51.1 Å². The summed E-state index contributed by atoms with van der Waals surface area (Å²) >= 11 is 0. The van der Waals surface area contributed by atoms with Gasteiger partial charge in [-0.2, -0.15) is 5.10 Å². The first-order valence-electron chi connectivity index (χ1n) is 21.1. The number of carbonyl (C=O) groups excluding carboxylic acids is 3. The third-order valence-electron chi connectivity index (χ3n) is 11.8. The van der Waals surface area contributed by atoms with Crippen LogP contribution in [0.2, 0.25) is 0 Å². The van der Waals surface area contributed by atoms with E-state index in [1.165, 1.54) is 11.4 Å². The van der Waals surface area contributed by atoms with Gasteiger partial charge in [-0.1, -0.05) is 12.1 Å². The van der Waals surface area contributed by atoms with Crippen molar-refractivity contribution >= 4 is 40.7 Å². The van der Waals surface area contributed by atoms with Gasteiger partial charge in [-0.3, -0.25) is 29.3 Å². The third kappa shape index (κ3) is 9.94. The van der Waals surface area contributed by atoms with Crippen LogP contribution < -0.4 is 30.5 Å².